The lowest BCUT2D eigenvalue weighted by Gasteiger charge is -2.37. The number of hydrogen-bond acceptors (Lipinski definition) is 3. The zero-order chi connectivity index (χ0) is 21.8. The van der Waals surface area contributed by atoms with Crippen LogP contribution < -0.4 is 5.32 Å². The number of ether oxygens (including phenoxy) is 1. The lowest BCUT2D eigenvalue weighted by Crippen LogP contribution is -2.54. The Hall–Kier alpha value is -2.62. The van der Waals surface area contributed by atoms with Gasteiger partial charge in [0.05, 0.1) is 0 Å². The molecule has 0 aliphatic rings. The molecule has 0 radical (unpaired) electrons. The highest BCUT2D eigenvalue weighted by Gasteiger charge is 2.70. The van der Waals surface area contributed by atoms with Crippen molar-refractivity contribution in [1.82, 2.24) is 0 Å². The summed E-state index contributed by atoms with van der Waals surface area (Å²) in [6, 6.07) is 3.03. The van der Waals surface area contributed by atoms with E-state index in [2.05, 4.69) is 15.3 Å². The molecule has 0 heterocycles. The first-order valence-corrected chi connectivity index (χ1v) is 7.89. The fourth-order valence-corrected chi connectivity index (χ4v) is 2.44. The summed E-state index contributed by atoms with van der Waals surface area (Å²) in [5.74, 6) is 0. The molecule has 0 bridgehead atoms. The van der Waals surface area contributed by atoms with E-state index in [0.717, 1.165) is 12.1 Å². The van der Waals surface area contributed by atoms with Crippen LogP contribution in [0.4, 0.5) is 36.8 Å². The number of nitrogens with zero attached hydrogens (tertiary/aromatic N) is 3. The van der Waals surface area contributed by atoms with Gasteiger partial charge in [-0.25, -0.2) is 4.79 Å². The molecule has 28 heavy (non-hydrogen) atoms. The van der Waals surface area contributed by atoms with Gasteiger partial charge in [0.2, 0.25) is 0 Å². The fraction of sp³-hybridized carbons (Fsp3) is 0.562. The monoisotopic (exact) mass is 412 g/mol. The van der Waals surface area contributed by atoms with Crippen molar-refractivity contribution in [3.63, 3.8) is 0 Å². The van der Waals surface area contributed by atoms with Crippen molar-refractivity contribution in [3.05, 3.63) is 40.3 Å². The van der Waals surface area contributed by atoms with E-state index in [1.165, 1.54) is 0 Å². The quantitative estimate of drug-likeness (QED) is 0.274. The molecule has 0 spiro atoms. The molecule has 0 aromatic heterocycles. The minimum atomic E-state index is -5.70. The van der Waals surface area contributed by atoms with E-state index in [9.17, 15) is 31.1 Å². The average molecular weight is 412 g/mol. The summed E-state index contributed by atoms with van der Waals surface area (Å²) in [4.78, 5) is 13.9. The largest absolute Gasteiger partial charge is 0.444 e. The lowest BCUT2D eigenvalue weighted by molar-refractivity contribution is -0.304. The van der Waals surface area contributed by atoms with Gasteiger partial charge in [0.1, 0.15) is 5.60 Å². The van der Waals surface area contributed by atoms with Crippen LogP contribution in [0.3, 0.4) is 0 Å². The maximum Gasteiger partial charge on any atom is 0.412 e. The summed E-state index contributed by atoms with van der Waals surface area (Å²) < 4.78 is 86.2. The average Bonchev–Trinajstić information content (AvgIpc) is 2.48. The number of carbonyl (C=O) groups excluding carboxylic acids is 1. The van der Waals surface area contributed by atoms with E-state index < -0.39 is 48.0 Å². The van der Waals surface area contributed by atoms with E-state index in [1.807, 2.05) is 0 Å². The molecule has 0 aliphatic heterocycles. The molecule has 1 aromatic carbocycles. The van der Waals surface area contributed by atoms with Crippen LogP contribution in [-0.4, -0.2) is 30.6 Å². The Kier molecular flexibility index (Phi) is 6.84. The summed E-state index contributed by atoms with van der Waals surface area (Å²) in [7, 11) is 0. The van der Waals surface area contributed by atoms with Crippen molar-refractivity contribution < 1.29 is 35.9 Å². The maximum atomic E-state index is 13.5. The van der Waals surface area contributed by atoms with Gasteiger partial charge in [0.15, 0.2) is 5.41 Å². The fourth-order valence-electron chi connectivity index (χ4n) is 2.44. The van der Waals surface area contributed by atoms with Crippen LogP contribution in [0.5, 0.6) is 0 Å². The van der Waals surface area contributed by atoms with Gasteiger partial charge < -0.3 is 4.74 Å². The van der Waals surface area contributed by atoms with Crippen LogP contribution in [0.1, 0.15) is 32.8 Å². The highest BCUT2D eigenvalue weighted by atomic mass is 19.4. The van der Waals surface area contributed by atoms with E-state index in [-0.39, 0.29) is 5.69 Å². The second kappa shape index (κ2) is 8.17. The Morgan fingerprint density at radius 3 is 1.96 bits per heavy atom. The number of azide groups is 1. The Balaban J connectivity index is 3.28. The number of benzene rings is 1. The Morgan fingerprint density at radius 2 is 1.57 bits per heavy atom. The van der Waals surface area contributed by atoms with Gasteiger partial charge in [0, 0.05) is 17.1 Å². The smallest absolute Gasteiger partial charge is 0.412 e. The molecule has 156 valence electrons. The predicted molar refractivity (Wildman–Crippen MR) is 88.7 cm³/mol. The molecular weight excluding hydrogens is 394 g/mol. The van der Waals surface area contributed by atoms with E-state index >= 15 is 0 Å². The summed E-state index contributed by atoms with van der Waals surface area (Å²) in [6.07, 6.45) is -13.8. The summed E-state index contributed by atoms with van der Waals surface area (Å²) in [5, 5.41) is 5.02. The van der Waals surface area contributed by atoms with Crippen molar-refractivity contribution in [2.45, 2.75) is 50.6 Å². The molecule has 1 N–H and O–H groups in total. The van der Waals surface area contributed by atoms with Crippen molar-refractivity contribution in [2.75, 3.05) is 11.9 Å². The molecule has 1 rings (SSSR count). The second-order valence-corrected chi connectivity index (χ2v) is 6.81. The minimum Gasteiger partial charge on any atom is -0.444 e. The summed E-state index contributed by atoms with van der Waals surface area (Å²) in [5.41, 5.74) is 1.98. The zero-order valence-electron chi connectivity index (χ0n) is 15.1. The molecule has 0 saturated carbocycles. The first-order chi connectivity index (χ1) is 12.6. The van der Waals surface area contributed by atoms with Gasteiger partial charge in [-0.2, -0.15) is 26.3 Å². The normalized spacial score (nSPS) is 12.9. The number of nitrogens with one attached hydrogen (secondary N) is 1. The van der Waals surface area contributed by atoms with Crippen LogP contribution in [0, 0.1) is 0 Å². The Bertz CT molecular complexity index is 717. The van der Waals surface area contributed by atoms with Gasteiger partial charge in [-0.05, 0) is 50.4 Å². The first-order valence-electron chi connectivity index (χ1n) is 7.89. The number of amides is 1. The maximum absolute atomic E-state index is 13.5. The number of hydrogen-bond donors (Lipinski definition) is 1. The number of halogens is 6. The first kappa shape index (κ1) is 23.4. The lowest BCUT2D eigenvalue weighted by atomic mass is 9.76. The van der Waals surface area contributed by atoms with Gasteiger partial charge in [-0.15, -0.1) is 0 Å². The van der Waals surface area contributed by atoms with Crippen molar-refractivity contribution in [3.8, 4) is 0 Å². The molecule has 1 aromatic rings. The summed E-state index contributed by atoms with van der Waals surface area (Å²) >= 11 is 0. The minimum absolute atomic E-state index is 0.0497. The number of anilines is 1. The standard InChI is InChI=1S/C16H18F6N4O2/c1-13(2,3)28-12(27)25-11-6-4-10(5-7-11)14(15(17,18)19,16(20,21)22)8-9-24-26-23/h4-7H,8-9H2,1-3H3,(H,25,27). The second-order valence-electron chi connectivity index (χ2n) is 6.81. The van der Waals surface area contributed by atoms with E-state index in [4.69, 9.17) is 10.3 Å². The van der Waals surface area contributed by atoms with Gasteiger partial charge in [-0.1, -0.05) is 17.2 Å². The van der Waals surface area contributed by atoms with Gasteiger partial charge >= 0.3 is 18.4 Å². The highest BCUT2D eigenvalue weighted by Crippen LogP contribution is 2.54. The molecular formula is C16H18F6N4O2. The molecule has 0 fully saturated rings. The van der Waals surface area contributed by atoms with Crippen LogP contribution in [0.15, 0.2) is 29.4 Å². The van der Waals surface area contributed by atoms with Crippen LogP contribution in [0.25, 0.3) is 10.4 Å². The van der Waals surface area contributed by atoms with Crippen molar-refractivity contribution >= 4 is 11.8 Å². The van der Waals surface area contributed by atoms with E-state index in [1.54, 1.807) is 20.8 Å². The molecule has 0 atom stereocenters. The van der Waals surface area contributed by atoms with Crippen LogP contribution >= 0.6 is 0 Å². The van der Waals surface area contributed by atoms with Gasteiger partial charge in [0.25, 0.3) is 0 Å². The SMILES string of the molecule is CC(C)(C)OC(=O)Nc1ccc(C(CCN=[N+]=[N-])(C(F)(F)F)C(F)(F)F)cc1. The third-order valence-corrected chi connectivity index (χ3v) is 3.64. The zero-order valence-corrected chi connectivity index (χ0v) is 15.1. The Labute approximate surface area is 156 Å². The molecule has 0 unspecified atom stereocenters. The van der Waals surface area contributed by atoms with Crippen LogP contribution in [-0.2, 0) is 10.2 Å². The third kappa shape index (κ3) is 5.44. The third-order valence-electron chi connectivity index (χ3n) is 3.64. The molecule has 6 nitrogen and oxygen atoms in total. The molecule has 12 heteroatoms. The number of carbonyl (C=O) groups is 1. The number of alkyl halides is 6. The summed E-state index contributed by atoms with van der Waals surface area (Å²) in [6.45, 7) is 3.74. The molecule has 0 saturated heterocycles. The van der Waals surface area contributed by atoms with Gasteiger partial charge in [-0.3, -0.25) is 5.32 Å². The predicted octanol–water partition coefficient (Wildman–Crippen LogP) is 6.10. The van der Waals surface area contributed by atoms with E-state index in [0.29, 0.717) is 12.1 Å². The highest BCUT2D eigenvalue weighted by molar-refractivity contribution is 5.84. The number of rotatable bonds is 5. The van der Waals surface area contributed by atoms with Crippen molar-refractivity contribution in [2.24, 2.45) is 5.11 Å². The Morgan fingerprint density at radius 1 is 1.07 bits per heavy atom. The molecule has 1 amide bonds. The topological polar surface area (TPSA) is 87.1 Å². The van der Waals surface area contributed by atoms with Crippen molar-refractivity contribution in [1.29, 1.82) is 0 Å². The molecule has 0 aliphatic carbocycles. The van der Waals surface area contributed by atoms with Crippen LogP contribution in [0.2, 0.25) is 0 Å².